The molecule has 0 aliphatic carbocycles. The van der Waals surface area contributed by atoms with Crippen LogP contribution in [0.25, 0.3) is 0 Å². The summed E-state index contributed by atoms with van der Waals surface area (Å²) in [5.41, 5.74) is 0.242. The molecule has 168 valence electrons. The third-order valence-electron chi connectivity index (χ3n) is 6.35. The monoisotopic (exact) mass is 456 g/mol. The standard InChI is InChI=1S/C23H25FN4O3S/c1-23(21(30)28(22(31)26-23)14-15-5-7-17(24)8-6-15)16-9-12-27(13-10-16)20(29)18-4-3-11-25-19(18)32-2/h3-8,11,16H,9-10,12-14H2,1-2H3,(H,26,31)/t23-/m0/s1. The van der Waals surface area contributed by atoms with E-state index in [1.807, 2.05) is 6.26 Å². The minimum atomic E-state index is -1.02. The summed E-state index contributed by atoms with van der Waals surface area (Å²) in [6.07, 6.45) is 4.76. The molecule has 9 heteroatoms. The van der Waals surface area contributed by atoms with Gasteiger partial charge in [0, 0.05) is 19.3 Å². The molecule has 1 aromatic carbocycles. The normalized spacial score (nSPS) is 21.7. The predicted molar refractivity (Wildman–Crippen MR) is 119 cm³/mol. The number of amides is 4. The fourth-order valence-corrected chi connectivity index (χ4v) is 5.00. The van der Waals surface area contributed by atoms with Crippen LogP contribution >= 0.6 is 11.8 Å². The average Bonchev–Trinajstić information content (AvgIpc) is 3.03. The number of hydrogen-bond acceptors (Lipinski definition) is 5. The zero-order valence-electron chi connectivity index (χ0n) is 18.0. The molecule has 7 nitrogen and oxygen atoms in total. The average molecular weight is 457 g/mol. The molecule has 32 heavy (non-hydrogen) atoms. The van der Waals surface area contributed by atoms with Gasteiger partial charge in [-0.25, -0.2) is 14.2 Å². The molecule has 0 spiro atoms. The number of hydrogen-bond donors (Lipinski definition) is 1. The van der Waals surface area contributed by atoms with Gasteiger partial charge >= 0.3 is 6.03 Å². The summed E-state index contributed by atoms with van der Waals surface area (Å²) in [5.74, 6) is -0.803. The van der Waals surface area contributed by atoms with Crippen molar-refractivity contribution in [2.24, 2.45) is 5.92 Å². The van der Waals surface area contributed by atoms with E-state index in [9.17, 15) is 18.8 Å². The van der Waals surface area contributed by atoms with Crippen LogP contribution in [0.2, 0.25) is 0 Å². The summed E-state index contributed by atoms with van der Waals surface area (Å²) in [6, 6.07) is 8.84. The minimum Gasteiger partial charge on any atom is -0.339 e. The molecular weight excluding hydrogens is 431 g/mol. The number of likely N-dealkylation sites (tertiary alicyclic amines) is 1. The Morgan fingerprint density at radius 2 is 1.91 bits per heavy atom. The largest absolute Gasteiger partial charge is 0.339 e. The smallest absolute Gasteiger partial charge is 0.325 e. The van der Waals surface area contributed by atoms with Gasteiger partial charge in [-0.2, -0.15) is 0 Å². The van der Waals surface area contributed by atoms with Gasteiger partial charge in [0.15, 0.2) is 0 Å². The number of rotatable bonds is 5. The van der Waals surface area contributed by atoms with Crippen molar-refractivity contribution in [2.75, 3.05) is 19.3 Å². The van der Waals surface area contributed by atoms with Crippen LogP contribution in [-0.4, -0.2) is 57.5 Å². The van der Waals surface area contributed by atoms with Gasteiger partial charge in [0.05, 0.1) is 12.1 Å². The van der Waals surface area contributed by atoms with Crippen molar-refractivity contribution in [1.82, 2.24) is 20.1 Å². The Morgan fingerprint density at radius 1 is 1.22 bits per heavy atom. The Labute approximate surface area is 190 Å². The molecule has 2 aliphatic heterocycles. The summed E-state index contributed by atoms with van der Waals surface area (Å²) in [7, 11) is 0. The number of thioether (sulfide) groups is 1. The molecule has 1 N–H and O–H groups in total. The van der Waals surface area contributed by atoms with Crippen LogP contribution in [0.15, 0.2) is 47.6 Å². The molecule has 0 unspecified atom stereocenters. The highest BCUT2D eigenvalue weighted by Gasteiger charge is 2.52. The Balaban J connectivity index is 1.42. The van der Waals surface area contributed by atoms with Crippen molar-refractivity contribution in [1.29, 1.82) is 0 Å². The summed E-state index contributed by atoms with van der Waals surface area (Å²) < 4.78 is 13.2. The molecule has 4 rings (SSSR count). The highest BCUT2D eigenvalue weighted by Crippen LogP contribution is 2.34. The number of aromatic nitrogens is 1. The van der Waals surface area contributed by atoms with Crippen LogP contribution in [0.4, 0.5) is 9.18 Å². The number of urea groups is 1. The molecule has 2 aromatic rings. The summed E-state index contributed by atoms with van der Waals surface area (Å²) >= 11 is 1.43. The van der Waals surface area contributed by atoms with Crippen LogP contribution in [-0.2, 0) is 11.3 Å². The fourth-order valence-electron chi connectivity index (χ4n) is 4.45. The fraction of sp³-hybridized carbons (Fsp3) is 0.391. The van der Waals surface area contributed by atoms with Crippen LogP contribution in [0, 0.1) is 11.7 Å². The van der Waals surface area contributed by atoms with E-state index < -0.39 is 11.6 Å². The lowest BCUT2D eigenvalue weighted by molar-refractivity contribution is -0.133. The second-order valence-corrected chi connectivity index (χ2v) is 9.07. The predicted octanol–water partition coefficient (Wildman–Crippen LogP) is 3.31. The van der Waals surface area contributed by atoms with Crippen LogP contribution in [0.3, 0.4) is 0 Å². The lowest BCUT2D eigenvalue weighted by atomic mass is 9.78. The van der Waals surface area contributed by atoms with Gasteiger partial charge in [-0.1, -0.05) is 12.1 Å². The van der Waals surface area contributed by atoms with Crippen molar-refractivity contribution >= 4 is 29.6 Å². The van der Waals surface area contributed by atoms with Gasteiger partial charge < -0.3 is 10.2 Å². The number of pyridine rings is 1. The van der Waals surface area contributed by atoms with Crippen LogP contribution < -0.4 is 5.32 Å². The first kappa shape index (κ1) is 22.3. The van der Waals surface area contributed by atoms with Gasteiger partial charge in [0.2, 0.25) is 0 Å². The van der Waals surface area contributed by atoms with E-state index in [0.29, 0.717) is 42.1 Å². The molecule has 2 fully saturated rings. The molecule has 4 amide bonds. The number of imide groups is 1. The molecule has 3 heterocycles. The van der Waals surface area contributed by atoms with Crippen molar-refractivity contribution in [3.8, 4) is 0 Å². The zero-order valence-corrected chi connectivity index (χ0v) is 18.8. The first-order chi connectivity index (χ1) is 15.3. The van der Waals surface area contributed by atoms with Crippen molar-refractivity contribution < 1.29 is 18.8 Å². The molecular formula is C23H25FN4O3S. The van der Waals surface area contributed by atoms with Crippen LogP contribution in [0.1, 0.15) is 35.7 Å². The third kappa shape index (κ3) is 4.09. The summed E-state index contributed by atoms with van der Waals surface area (Å²) in [6.45, 7) is 2.86. The van der Waals surface area contributed by atoms with E-state index in [4.69, 9.17) is 0 Å². The van der Waals surface area contributed by atoms with E-state index in [1.165, 1.54) is 28.8 Å². The zero-order chi connectivity index (χ0) is 22.9. The van der Waals surface area contributed by atoms with E-state index >= 15 is 0 Å². The third-order valence-corrected chi connectivity index (χ3v) is 7.06. The number of halogens is 1. The number of piperidine rings is 1. The van der Waals surface area contributed by atoms with Crippen molar-refractivity contribution in [3.05, 3.63) is 59.5 Å². The maximum absolute atomic E-state index is 13.2. The lowest BCUT2D eigenvalue weighted by Crippen LogP contribution is -2.54. The topological polar surface area (TPSA) is 82.6 Å². The van der Waals surface area contributed by atoms with E-state index in [2.05, 4.69) is 10.3 Å². The quantitative estimate of drug-likeness (QED) is 0.551. The number of benzene rings is 1. The van der Waals surface area contributed by atoms with Gasteiger partial charge in [0.1, 0.15) is 16.4 Å². The maximum atomic E-state index is 13.2. The SMILES string of the molecule is CSc1ncccc1C(=O)N1CCC([C@]2(C)NC(=O)N(Cc3ccc(F)cc3)C2=O)CC1. The Kier molecular flexibility index (Phi) is 6.19. The van der Waals surface area contributed by atoms with Crippen molar-refractivity contribution in [3.63, 3.8) is 0 Å². The molecule has 0 radical (unpaired) electrons. The van der Waals surface area contributed by atoms with Crippen LogP contribution in [0.5, 0.6) is 0 Å². The van der Waals surface area contributed by atoms with Gasteiger partial charge in [-0.3, -0.25) is 14.5 Å². The second-order valence-electron chi connectivity index (χ2n) is 8.28. The molecule has 1 atom stereocenters. The van der Waals surface area contributed by atoms with Gasteiger partial charge in [-0.05, 0) is 61.8 Å². The van der Waals surface area contributed by atoms with Gasteiger partial charge in [0.25, 0.3) is 11.8 Å². The first-order valence-electron chi connectivity index (χ1n) is 10.5. The van der Waals surface area contributed by atoms with E-state index in [0.717, 1.165) is 0 Å². The highest BCUT2D eigenvalue weighted by molar-refractivity contribution is 7.98. The molecule has 2 saturated heterocycles. The summed E-state index contributed by atoms with van der Waals surface area (Å²) in [4.78, 5) is 46.0. The van der Waals surface area contributed by atoms with Crippen molar-refractivity contribution in [2.45, 2.75) is 36.9 Å². The molecule has 1 aromatic heterocycles. The van der Waals surface area contributed by atoms with E-state index in [-0.39, 0.29) is 30.1 Å². The first-order valence-corrected chi connectivity index (χ1v) is 11.7. The minimum absolute atomic E-state index is 0.0641. The summed E-state index contributed by atoms with van der Waals surface area (Å²) in [5, 5.41) is 3.57. The second kappa shape index (κ2) is 8.90. The van der Waals surface area contributed by atoms with Gasteiger partial charge in [-0.15, -0.1) is 11.8 Å². The Morgan fingerprint density at radius 3 is 2.56 bits per heavy atom. The Bertz CT molecular complexity index is 1040. The molecule has 2 aliphatic rings. The Hall–Kier alpha value is -2.94. The van der Waals surface area contributed by atoms with E-state index in [1.54, 1.807) is 42.3 Å². The number of nitrogens with one attached hydrogen (secondary N) is 1. The number of carbonyl (C=O) groups excluding carboxylic acids is 3. The maximum Gasteiger partial charge on any atom is 0.325 e. The highest BCUT2D eigenvalue weighted by atomic mass is 32.2. The molecule has 0 bridgehead atoms. The number of carbonyl (C=O) groups is 3. The number of nitrogens with zero attached hydrogens (tertiary/aromatic N) is 3. The molecule has 0 saturated carbocycles. The lowest BCUT2D eigenvalue weighted by Gasteiger charge is -2.39.